The van der Waals surface area contributed by atoms with E-state index in [1.807, 2.05) is 61.7 Å². The van der Waals surface area contributed by atoms with Gasteiger partial charge < -0.3 is 10.2 Å². The molecule has 2 rings (SSSR count). The van der Waals surface area contributed by atoms with Gasteiger partial charge in [-0.05, 0) is 29.9 Å². The van der Waals surface area contributed by atoms with Crippen molar-refractivity contribution in [1.29, 1.82) is 0 Å². The molecule has 0 radical (unpaired) electrons. The number of rotatable bonds is 8. The van der Waals surface area contributed by atoms with Crippen LogP contribution in [0.4, 0.5) is 0 Å². The zero-order valence-electron chi connectivity index (χ0n) is 14.2. The van der Waals surface area contributed by atoms with Gasteiger partial charge in [-0.3, -0.25) is 9.59 Å². The second kappa shape index (κ2) is 9.23. The highest BCUT2D eigenvalue weighted by atomic mass is 32.1. The number of likely N-dealkylation sites (N-methyl/N-ethyl adjacent to an activating group) is 1. The Hall–Kier alpha value is -2.14. The van der Waals surface area contributed by atoms with Gasteiger partial charge >= 0.3 is 0 Å². The first-order chi connectivity index (χ1) is 11.6. The van der Waals surface area contributed by atoms with Gasteiger partial charge in [-0.15, -0.1) is 11.3 Å². The fourth-order valence-corrected chi connectivity index (χ4v) is 3.14. The molecule has 0 bridgehead atoms. The summed E-state index contributed by atoms with van der Waals surface area (Å²) in [5.41, 5.74) is 1.14. The molecule has 2 aromatic rings. The van der Waals surface area contributed by atoms with E-state index in [1.54, 1.807) is 16.2 Å². The minimum absolute atomic E-state index is 0.0140. The molecule has 0 unspecified atom stereocenters. The largest absolute Gasteiger partial charge is 0.350 e. The van der Waals surface area contributed by atoms with Crippen molar-refractivity contribution in [1.82, 2.24) is 10.2 Å². The van der Waals surface area contributed by atoms with Gasteiger partial charge in [0.05, 0.1) is 13.1 Å². The SMILES string of the molecule is CCN(CC(=O)NCc1cccs1)C(=O)C[C@@H](C)c1ccccc1. The summed E-state index contributed by atoms with van der Waals surface area (Å²) < 4.78 is 0. The Balaban J connectivity index is 1.83. The molecular formula is C19H24N2O2S. The number of benzene rings is 1. The summed E-state index contributed by atoms with van der Waals surface area (Å²) >= 11 is 1.61. The maximum absolute atomic E-state index is 12.5. The molecule has 5 heteroatoms. The van der Waals surface area contributed by atoms with Crippen LogP contribution in [0.2, 0.25) is 0 Å². The van der Waals surface area contributed by atoms with Crippen LogP contribution in [-0.2, 0) is 16.1 Å². The molecule has 0 aliphatic carbocycles. The standard InChI is InChI=1S/C19H24N2O2S/c1-3-21(14-18(22)20-13-17-10-7-11-24-17)19(23)12-15(2)16-8-5-4-6-9-16/h4-11,15H,3,12-14H2,1-2H3,(H,20,22)/t15-/m1/s1. The topological polar surface area (TPSA) is 49.4 Å². The first kappa shape index (κ1) is 18.2. The molecule has 1 N–H and O–H groups in total. The van der Waals surface area contributed by atoms with E-state index in [0.717, 1.165) is 10.4 Å². The molecular weight excluding hydrogens is 320 g/mol. The molecule has 1 atom stereocenters. The van der Waals surface area contributed by atoms with Crippen molar-refractivity contribution in [2.75, 3.05) is 13.1 Å². The van der Waals surface area contributed by atoms with Gasteiger partial charge in [-0.2, -0.15) is 0 Å². The third kappa shape index (κ3) is 5.49. The fraction of sp³-hybridized carbons (Fsp3) is 0.368. The Morgan fingerprint density at radius 3 is 2.54 bits per heavy atom. The molecule has 1 heterocycles. The zero-order valence-corrected chi connectivity index (χ0v) is 15.0. The zero-order chi connectivity index (χ0) is 17.4. The molecule has 1 aromatic heterocycles. The Bertz CT molecular complexity index is 641. The van der Waals surface area contributed by atoms with Crippen molar-refractivity contribution in [3.05, 3.63) is 58.3 Å². The summed E-state index contributed by atoms with van der Waals surface area (Å²) in [6, 6.07) is 13.9. The van der Waals surface area contributed by atoms with E-state index in [-0.39, 0.29) is 24.3 Å². The lowest BCUT2D eigenvalue weighted by Crippen LogP contribution is -2.40. The predicted molar refractivity (Wildman–Crippen MR) is 97.9 cm³/mol. The van der Waals surface area contributed by atoms with Crippen molar-refractivity contribution in [2.45, 2.75) is 32.7 Å². The minimum Gasteiger partial charge on any atom is -0.350 e. The Morgan fingerprint density at radius 2 is 1.92 bits per heavy atom. The van der Waals surface area contributed by atoms with Crippen LogP contribution in [0, 0.1) is 0 Å². The number of nitrogens with one attached hydrogen (secondary N) is 1. The number of amides is 2. The van der Waals surface area contributed by atoms with Crippen LogP contribution >= 0.6 is 11.3 Å². The highest BCUT2D eigenvalue weighted by molar-refractivity contribution is 7.09. The molecule has 0 spiro atoms. The van der Waals surface area contributed by atoms with Gasteiger partial charge in [0.1, 0.15) is 0 Å². The molecule has 0 aliphatic rings. The van der Waals surface area contributed by atoms with Crippen molar-refractivity contribution in [3.8, 4) is 0 Å². The fourth-order valence-electron chi connectivity index (χ4n) is 2.49. The van der Waals surface area contributed by atoms with Gasteiger partial charge in [0.25, 0.3) is 0 Å². The number of hydrogen-bond acceptors (Lipinski definition) is 3. The number of carbonyl (C=O) groups excluding carboxylic acids is 2. The lowest BCUT2D eigenvalue weighted by Gasteiger charge is -2.22. The summed E-state index contributed by atoms with van der Waals surface area (Å²) in [6.45, 7) is 5.10. The Kier molecular flexibility index (Phi) is 7.00. The molecule has 128 valence electrons. The summed E-state index contributed by atoms with van der Waals surface area (Å²) in [5, 5.41) is 4.85. The maximum atomic E-state index is 12.5. The van der Waals surface area contributed by atoms with Crippen LogP contribution in [0.15, 0.2) is 47.8 Å². The Morgan fingerprint density at radius 1 is 1.17 bits per heavy atom. The van der Waals surface area contributed by atoms with E-state index in [2.05, 4.69) is 5.32 Å². The number of thiophene rings is 1. The summed E-state index contributed by atoms with van der Waals surface area (Å²) in [5.74, 6) is 0.0352. The van der Waals surface area contributed by atoms with E-state index < -0.39 is 0 Å². The van der Waals surface area contributed by atoms with E-state index in [1.165, 1.54) is 0 Å². The highest BCUT2D eigenvalue weighted by Crippen LogP contribution is 2.19. The van der Waals surface area contributed by atoms with Crippen LogP contribution in [0.3, 0.4) is 0 Å². The quantitative estimate of drug-likeness (QED) is 0.798. The second-order valence-corrected chi connectivity index (χ2v) is 6.81. The average molecular weight is 344 g/mol. The van der Waals surface area contributed by atoms with E-state index in [4.69, 9.17) is 0 Å². The minimum atomic E-state index is -0.119. The van der Waals surface area contributed by atoms with Gasteiger partial charge in [0, 0.05) is 17.8 Å². The molecule has 2 amide bonds. The first-order valence-electron chi connectivity index (χ1n) is 8.22. The third-order valence-electron chi connectivity index (χ3n) is 3.96. The van der Waals surface area contributed by atoms with Crippen LogP contribution in [0.1, 0.15) is 36.6 Å². The van der Waals surface area contributed by atoms with Crippen LogP contribution in [-0.4, -0.2) is 29.8 Å². The summed E-state index contributed by atoms with van der Waals surface area (Å²) in [4.78, 5) is 27.3. The number of carbonyl (C=O) groups is 2. The molecule has 0 aliphatic heterocycles. The van der Waals surface area contributed by atoms with Crippen molar-refractivity contribution < 1.29 is 9.59 Å². The van der Waals surface area contributed by atoms with Gasteiger partial charge in [0.2, 0.25) is 11.8 Å². The molecule has 4 nitrogen and oxygen atoms in total. The van der Waals surface area contributed by atoms with Crippen LogP contribution < -0.4 is 5.32 Å². The van der Waals surface area contributed by atoms with E-state index >= 15 is 0 Å². The molecule has 24 heavy (non-hydrogen) atoms. The normalized spacial score (nSPS) is 11.8. The third-order valence-corrected chi connectivity index (χ3v) is 4.83. The van der Waals surface area contributed by atoms with E-state index in [9.17, 15) is 9.59 Å². The molecule has 0 saturated carbocycles. The molecule has 0 saturated heterocycles. The molecule has 1 aromatic carbocycles. The first-order valence-corrected chi connectivity index (χ1v) is 9.10. The maximum Gasteiger partial charge on any atom is 0.239 e. The average Bonchev–Trinajstić information content (AvgIpc) is 3.12. The highest BCUT2D eigenvalue weighted by Gasteiger charge is 2.18. The van der Waals surface area contributed by atoms with Crippen molar-refractivity contribution in [3.63, 3.8) is 0 Å². The van der Waals surface area contributed by atoms with Crippen molar-refractivity contribution in [2.24, 2.45) is 0 Å². The number of nitrogens with zero attached hydrogens (tertiary/aromatic N) is 1. The van der Waals surface area contributed by atoms with E-state index in [0.29, 0.717) is 19.5 Å². The van der Waals surface area contributed by atoms with Gasteiger partial charge in [0.15, 0.2) is 0 Å². The summed E-state index contributed by atoms with van der Waals surface area (Å²) in [6.07, 6.45) is 0.413. The molecule has 0 fully saturated rings. The summed E-state index contributed by atoms with van der Waals surface area (Å²) in [7, 11) is 0. The van der Waals surface area contributed by atoms with Gasteiger partial charge in [-0.1, -0.05) is 43.3 Å². The Labute approximate surface area is 147 Å². The van der Waals surface area contributed by atoms with Gasteiger partial charge in [-0.25, -0.2) is 0 Å². The second-order valence-electron chi connectivity index (χ2n) is 5.78. The monoisotopic (exact) mass is 344 g/mol. The van der Waals surface area contributed by atoms with Crippen LogP contribution in [0.5, 0.6) is 0 Å². The smallest absolute Gasteiger partial charge is 0.239 e. The predicted octanol–water partition coefficient (Wildman–Crippen LogP) is 3.41. The number of hydrogen-bond donors (Lipinski definition) is 1. The van der Waals surface area contributed by atoms with Crippen molar-refractivity contribution >= 4 is 23.2 Å². The van der Waals surface area contributed by atoms with Crippen LogP contribution in [0.25, 0.3) is 0 Å². The lowest BCUT2D eigenvalue weighted by molar-refractivity contribution is -0.136. The lowest BCUT2D eigenvalue weighted by atomic mass is 9.97.